The van der Waals surface area contributed by atoms with Gasteiger partial charge in [-0.15, -0.1) is 0 Å². The van der Waals surface area contributed by atoms with E-state index < -0.39 is 11.7 Å². The van der Waals surface area contributed by atoms with E-state index >= 15 is 0 Å². The molecule has 6 heteroatoms. The van der Waals surface area contributed by atoms with Crippen molar-refractivity contribution in [1.82, 2.24) is 0 Å². The fourth-order valence-corrected chi connectivity index (χ4v) is 2.46. The predicted molar refractivity (Wildman–Crippen MR) is 87.6 cm³/mol. The quantitative estimate of drug-likeness (QED) is 0.751. The zero-order valence-electron chi connectivity index (χ0n) is 11.2. The van der Waals surface area contributed by atoms with Gasteiger partial charge in [-0.2, -0.15) is 0 Å². The maximum atomic E-state index is 13.8. The molecule has 110 valence electrons. The predicted octanol–water partition coefficient (Wildman–Crippen LogP) is 4.25. The van der Waals surface area contributed by atoms with Crippen LogP contribution in [0.15, 0.2) is 36.4 Å². The summed E-state index contributed by atoms with van der Waals surface area (Å²) >= 11 is 1.93. The summed E-state index contributed by atoms with van der Waals surface area (Å²) in [4.78, 5) is 12.3. The van der Waals surface area contributed by atoms with Crippen molar-refractivity contribution in [2.45, 2.75) is 6.92 Å². The Morgan fingerprint density at radius 1 is 1.24 bits per heavy atom. The third-order valence-electron chi connectivity index (χ3n) is 2.79. The Morgan fingerprint density at radius 3 is 2.67 bits per heavy atom. The zero-order valence-corrected chi connectivity index (χ0v) is 13.4. The minimum Gasteiger partial charge on any atom is -0.382 e. The fraction of sp³-hybridized carbons (Fsp3) is 0.133. The first-order valence-electron chi connectivity index (χ1n) is 6.31. The van der Waals surface area contributed by atoms with Crippen LogP contribution in [0.3, 0.4) is 0 Å². The SMILES string of the molecule is CCNc1c(F)cccc1C(=O)Nc1ccc(F)cc1I. The van der Waals surface area contributed by atoms with Gasteiger partial charge in [0.05, 0.1) is 16.9 Å². The number of rotatable bonds is 4. The van der Waals surface area contributed by atoms with E-state index in [1.54, 1.807) is 0 Å². The largest absolute Gasteiger partial charge is 0.382 e. The second-order valence-electron chi connectivity index (χ2n) is 4.27. The van der Waals surface area contributed by atoms with E-state index in [0.717, 1.165) is 0 Å². The molecular formula is C15H13F2IN2O. The first-order valence-corrected chi connectivity index (χ1v) is 7.39. The minimum absolute atomic E-state index is 0.162. The van der Waals surface area contributed by atoms with Crippen molar-refractivity contribution in [1.29, 1.82) is 0 Å². The van der Waals surface area contributed by atoms with E-state index in [4.69, 9.17) is 0 Å². The summed E-state index contributed by atoms with van der Waals surface area (Å²) in [6, 6.07) is 8.34. The number of para-hydroxylation sites is 1. The lowest BCUT2D eigenvalue weighted by Gasteiger charge is -2.12. The molecular weight excluding hydrogens is 389 g/mol. The first kappa shape index (κ1) is 15.7. The lowest BCUT2D eigenvalue weighted by molar-refractivity contribution is 0.102. The average Bonchev–Trinajstić information content (AvgIpc) is 2.44. The highest BCUT2D eigenvalue weighted by Gasteiger charge is 2.15. The summed E-state index contributed by atoms with van der Waals surface area (Å²) in [5, 5.41) is 5.50. The lowest BCUT2D eigenvalue weighted by atomic mass is 10.1. The molecule has 0 radical (unpaired) electrons. The standard InChI is InChI=1S/C15H13F2IN2O/c1-2-19-14-10(4-3-5-11(14)17)15(21)20-13-7-6-9(16)8-12(13)18/h3-8,19H,2H2,1H3,(H,20,21). The smallest absolute Gasteiger partial charge is 0.257 e. The van der Waals surface area contributed by atoms with Gasteiger partial charge in [-0.25, -0.2) is 8.78 Å². The number of hydrogen-bond donors (Lipinski definition) is 2. The van der Waals surface area contributed by atoms with Crippen LogP contribution in [0.4, 0.5) is 20.2 Å². The number of carbonyl (C=O) groups is 1. The monoisotopic (exact) mass is 402 g/mol. The molecule has 2 N–H and O–H groups in total. The molecule has 0 saturated heterocycles. The van der Waals surface area contributed by atoms with Gasteiger partial charge in [0.1, 0.15) is 11.6 Å². The van der Waals surface area contributed by atoms with E-state index in [1.807, 2.05) is 29.5 Å². The normalized spacial score (nSPS) is 10.3. The summed E-state index contributed by atoms with van der Waals surface area (Å²) < 4.78 is 27.4. The van der Waals surface area contributed by atoms with Gasteiger partial charge in [-0.1, -0.05) is 6.07 Å². The summed E-state index contributed by atoms with van der Waals surface area (Å²) in [5.74, 6) is -1.32. The Hall–Kier alpha value is -1.70. The number of benzene rings is 2. The molecule has 21 heavy (non-hydrogen) atoms. The molecule has 3 nitrogen and oxygen atoms in total. The minimum atomic E-state index is -0.488. The Labute approximate surface area is 134 Å². The van der Waals surface area contributed by atoms with Gasteiger partial charge in [0.25, 0.3) is 5.91 Å². The molecule has 2 rings (SSSR count). The maximum Gasteiger partial charge on any atom is 0.257 e. The second kappa shape index (κ2) is 6.84. The van der Waals surface area contributed by atoms with Gasteiger partial charge >= 0.3 is 0 Å². The molecule has 0 heterocycles. The zero-order chi connectivity index (χ0) is 15.4. The Bertz CT molecular complexity index is 677. The third kappa shape index (κ3) is 3.69. The molecule has 1 amide bonds. The molecule has 2 aromatic rings. The molecule has 0 spiro atoms. The molecule has 0 fully saturated rings. The topological polar surface area (TPSA) is 41.1 Å². The Kier molecular flexibility index (Phi) is 5.11. The molecule has 0 atom stereocenters. The molecule has 2 aromatic carbocycles. The van der Waals surface area contributed by atoms with Crippen LogP contribution >= 0.6 is 22.6 Å². The molecule has 0 bridgehead atoms. The van der Waals surface area contributed by atoms with Crippen LogP contribution in [0.5, 0.6) is 0 Å². The van der Waals surface area contributed by atoms with E-state index in [2.05, 4.69) is 10.6 Å². The van der Waals surface area contributed by atoms with Gasteiger partial charge in [-0.3, -0.25) is 4.79 Å². The van der Waals surface area contributed by atoms with Crippen LogP contribution in [0.1, 0.15) is 17.3 Å². The Balaban J connectivity index is 2.30. The lowest BCUT2D eigenvalue weighted by Crippen LogP contribution is -2.16. The van der Waals surface area contributed by atoms with Crippen molar-refractivity contribution < 1.29 is 13.6 Å². The van der Waals surface area contributed by atoms with Crippen LogP contribution in [0.25, 0.3) is 0 Å². The van der Waals surface area contributed by atoms with Crippen molar-refractivity contribution in [3.63, 3.8) is 0 Å². The highest BCUT2D eigenvalue weighted by Crippen LogP contribution is 2.23. The van der Waals surface area contributed by atoms with Crippen molar-refractivity contribution in [3.8, 4) is 0 Å². The maximum absolute atomic E-state index is 13.8. The molecule has 0 aliphatic carbocycles. The van der Waals surface area contributed by atoms with E-state index in [0.29, 0.717) is 15.8 Å². The molecule has 0 saturated carbocycles. The first-order chi connectivity index (χ1) is 10.0. The van der Waals surface area contributed by atoms with Crippen LogP contribution < -0.4 is 10.6 Å². The van der Waals surface area contributed by atoms with Crippen LogP contribution in [0, 0.1) is 15.2 Å². The summed E-state index contributed by atoms with van der Waals surface area (Å²) in [6.07, 6.45) is 0. The van der Waals surface area contributed by atoms with Crippen LogP contribution in [-0.2, 0) is 0 Å². The highest BCUT2D eigenvalue weighted by atomic mass is 127. The van der Waals surface area contributed by atoms with Crippen LogP contribution in [-0.4, -0.2) is 12.5 Å². The van der Waals surface area contributed by atoms with Gasteiger partial charge in [0, 0.05) is 10.1 Å². The molecule has 0 aromatic heterocycles. The van der Waals surface area contributed by atoms with Crippen molar-refractivity contribution in [2.24, 2.45) is 0 Å². The van der Waals surface area contributed by atoms with Gasteiger partial charge < -0.3 is 10.6 Å². The fourth-order valence-electron chi connectivity index (χ4n) is 1.85. The molecule has 0 aliphatic heterocycles. The third-order valence-corrected chi connectivity index (χ3v) is 3.68. The van der Waals surface area contributed by atoms with E-state index in [9.17, 15) is 13.6 Å². The summed E-state index contributed by atoms with van der Waals surface area (Å²) in [7, 11) is 0. The number of nitrogens with one attached hydrogen (secondary N) is 2. The number of halogens is 3. The van der Waals surface area contributed by atoms with Gasteiger partial charge in [0.2, 0.25) is 0 Å². The number of amides is 1. The van der Waals surface area contributed by atoms with Crippen molar-refractivity contribution in [2.75, 3.05) is 17.2 Å². The molecule has 0 aliphatic rings. The van der Waals surface area contributed by atoms with Crippen LogP contribution in [0.2, 0.25) is 0 Å². The van der Waals surface area contributed by atoms with Gasteiger partial charge in [-0.05, 0) is 59.8 Å². The number of hydrogen-bond acceptors (Lipinski definition) is 2. The van der Waals surface area contributed by atoms with Crippen molar-refractivity contribution in [3.05, 3.63) is 57.2 Å². The van der Waals surface area contributed by atoms with E-state index in [-0.39, 0.29) is 17.1 Å². The Morgan fingerprint density at radius 2 is 2.00 bits per heavy atom. The average molecular weight is 402 g/mol. The summed E-state index contributed by atoms with van der Waals surface area (Å²) in [6.45, 7) is 2.31. The highest BCUT2D eigenvalue weighted by molar-refractivity contribution is 14.1. The van der Waals surface area contributed by atoms with E-state index in [1.165, 1.54) is 36.4 Å². The number of anilines is 2. The second-order valence-corrected chi connectivity index (χ2v) is 5.43. The summed E-state index contributed by atoms with van der Waals surface area (Å²) in [5.41, 5.74) is 0.848. The number of carbonyl (C=O) groups excluding carboxylic acids is 1. The van der Waals surface area contributed by atoms with Crippen molar-refractivity contribution >= 4 is 39.9 Å². The molecule has 0 unspecified atom stereocenters. The van der Waals surface area contributed by atoms with Gasteiger partial charge in [0.15, 0.2) is 0 Å².